The SMILES string of the molecule is Cc1ccc(NC(=O)CC2(N)CCCCC2)cc1C(=O)O. The number of hydrogen-bond donors (Lipinski definition) is 3. The van der Waals surface area contributed by atoms with Crippen LogP contribution in [0.3, 0.4) is 0 Å². The summed E-state index contributed by atoms with van der Waals surface area (Å²) < 4.78 is 0. The lowest BCUT2D eigenvalue weighted by atomic mass is 9.80. The minimum absolute atomic E-state index is 0.153. The number of nitrogens with one attached hydrogen (secondary N) is 1. The van der Waals surface area contributed by atoms with Gasteiger partial charge in [-0.05, 0) is 37.5 Å². The van der Waals surface area contributed by atoms with Crippen LogP contribution in [-0.4, -0.2) is 22.5 Å². The van der Waals surface area contributed by atoms with E-state index in [9.17, 15) is 9.59 Å². The van der Waals surface area contributed by atoms with Crippen LogP contribution in [-0.2, 0) is 4.79 Å². The average molecular weight is 290 g/mol. The smallest absolute Gasteiger partial charge is 0.336 e. The quantitative estimate of drug-likeness (QED) is 0.795. The Morgan fingerprint density at radius 1 is 1.29 bits per heavy atom. The van der Waals surface area contributed by atoms with Crippen LogP contribution in [0.15, 0.2) is 18.2 Å². The van der Waals surface area contributed by atoms with Crippen LogP contribution in [0.4, 0.5) is 5.69 Å². The summed E-state index contributed by atoms with van der Waals surface area (Å²) in [6.45, 7) is 1.73. The van der Waals surface area contributed by atoms with Crippen LogP contribution in [0, 0.1) is 6.92 Å². The van der Waals surface area contributed by atoms with Crippen molar-refractivity contribution in [3.63, 3.8) is 0 Å². The van der Waals surface area contributed by atoms with E-state index >= 15 is 0 Å². The van der Waals surface area contributed by atoms with Crippen molar-refractivity contribution in [1.82, 2.24) is 0 Å². The predicted octanol–water partition coefficient (Wildman–Crippen LogP) is 2.68. The lowest BCUT2D eigenvalue weighted by Crippen LogP contribution is -2.44. The molecule has 1 aromatic carbocycles. The number of hydrogen-bond acceptors (Lipinski definition) is 3. The van der Waals surface area contributed by atoms with E-state index in [1.807, 2.05) is 0 Å². The van der Waals surface area contributed by atoms with Gasteiger partial charge in [-0.1, -0.05) is 25.3 Å². The summed E-state index contributed by atoms with van der Waals surface area (Å²) in [6, 6.07) is 4.89. The van der Waals surface area contributed by atoms with Crippen molar-refractivity contribution in [2.24, 2.45) is 5.73 Å². The number of rotatable bonds is 4. The van der Waals surface area contributed by atoms with Gasteiger partial charge in [-0.25, -0.2) is 4.79 Å². The minimum atomic E-state index is -0.994. The molecule has 5 nitrogen and oxygen atoms in total. The molecule has 1 aromatic rings. The fourth-order valence-corrected chi connectivity index (χ4v) is 2.89. The van der Waals surface area contributed by atoms with E-state index in [0.717, 1.165) is 25.7 Å². The number of amides is 1. The van der Waals surface area contributed by atoms with Crippen molar-refractivity contribution < 1.29 is 14.7 Å². The third-order valence-electron chi connectivity index (χ3n) is 4.11. The van der Waals surface area contributed by atoms with Gasteiger partial charge in [0.05, 0.1) is 5.56 Å². The number of carboxylic acid groups (broad SMARTS) is 1. The Bertz CT molecular complexity index is 548. The maximum absolute atomic E-state index is 12.1. The molecule has 4 N–H and O–H groups in total. The van der Waals surface area contributed by atoms with Crippen LogP contribution < -0.4 is 11.1 Å². The van der Waals surface area contributed by atoms with Gasteiger partial charge in [0, 0.05) is 17.6 Å². The van der Waals surface area contributed by atoms with Crippen LogP contribution in [0.1, 0.15) is 54.4 Å². The number of anilines is 1. The highest BCUT2D eigenvalue weighted by molar-refractivity contribution is 5.95. The van der Waals surface area contributed by atoms with Gasteiger partial charge in [-0.3, -0.25) is 4.79 Å². The second-order valence-electron chi connectivity index (χ2n) is 5.98. The summed E-state index contributed by atoms with van der Waals surface area (Å²) in [5.41, 5.74) is 7.22. The standard InChI is InChI=1S/C16H22N2O3/c1-11-5-6-12(9-13(11)15(20)21)18-14(19)10-16(17)7-3-2-4-8-16/h5-6,9H,2-4,7-8,10,17H2,1H3,(H,18,19)(H,20,21). The Balaban J connectivity index is 2.02. The normalized spacial score (nSPS) is 17.2. The number of aryl methyl sites for hydroxylation is 1. The fraction of sp³-hybridized carbons (Fsp3) is 0.500. The molecule has 5 heteroatoms. The number of carboxylic acids is 1. The molecule has 0 unspecified atom stereocenters. The number of benzene rings is 1. The van der Waals surface area contributed by atoms with Gasteiger partial charge in [-0.2, -0.15) is 0 Å². The van der Waals surface area contributed by atoms with Gasteiger partial charge in [0.15, 0.2) is 0 Å². The zero-order valence-corrected chi connectivity index (χ0v) is 12.3. The van der Waals surface area contributed by atoms with E-state index in [0.29, 0.717) is 11.3 Å². The molecule has 1 saturated carbocycles. The van der Waals surface area contributed by atoms with Crippen LogP contribution in [0.2, 0.25) is 0 Å². The Morgan fingerprint density at radius 2 is 1.95 bits per heavy atom. The van der Waals surface area contributed by atoms with Gasteiger partial charge < -0.3 is 16.2 Å². The van der Waals surface area contributed by atoms with Crippen molar-refractivity contribution in [2.75, 3.05) is 5.32 Å². The summed E-state index contributed by atoms with van der Waals surface area (Å²) in [5.74, 6) is -1.15. The minimum Gasteiger partial charge on any atom is -0.478 e. The first-order chi connectivity index (χ1) is 9.89. The van der Waals surface area contributed by atoms with Gasteiger partial charge >= 0.3 is 5.97 Å². The zero-order chi connectivity index (χ0) is 15.5. The first-order valence-electron chi connectivity index (χ1n) is 7.32. The molecule has 0 aliphatic heterocycles. The number of nitrogens with two attached hydrogens (primary N) is 1. The molecule has 0 aromatic heterocycles. The summed E-state index contributed by atoms with van der Waals surface area (Å²) in [4.78, 5) is 23.2. The highest BCUT2D eigenvalue weighted by Gasteiger charge is 2.30. The highest BCUT2D eigenvalue weighted by atomic mass is 16.4. The topological polar surface area (TPSA) is 92.4 Å². The van der Waals surface area contributed by atoms with Crippen molar-refractivity contribution in [1.29, 1.82) is 0 Å². The molecule has 0 spiro atoms. The summed E-state index contributed by atoms with van der Waals surface area (Å²) >= 11 is 0. The van der Waals surface area contributed by atoms with Crippen molar-refractivity contribution >= 4 is 17.6 Å². The van der Waals surface area contributed by atoms with Crippen LogP contribution >= 0.6 is 0 Å². The molecule has 1 amide bonds. The van der Waals surface area contributed by atoms with Crippen molar-refractivity contribution in [3.05, 3.63) is 29.3 Å². The largest absolute Gasteiger partial charge is 0.478 e. The molecule has 0 atom stereocenters. The second kappa shape index (κ2) is 6.26. The third kappa shape index (κ3) is 4.04. The van der Waals surface area contributed by atoms with E-state index in [1.165, 1.54) is 12.5 Å². The predicted molar refractivity (Wildman–Crippen MR) is 81.4 cm³/mol. The van der Waals surface area contributed by atoms with E-state index in [1.54, 1.807) is 19.1 Å². The summed E-state index contributed by atoms with van der Waals surface area (Å²) in [5, 5.41) is 11.8. The molecule has 1 fully saturated rings. The van der Waals surface area contributed by atoms with Gasteiger partial charge in [0.1, 0.15) is 0 Å². The molecule has 114 valence electrons. The molecule has 0 heterocycles. The second-order valence-corrected chi connectivity index (χ2v) is 5.98. The maximum atomic E-state index is 12.1. The summed E-state index contributed by atoms with van der Waals surface area (Å²) in [6.07, 6.45) is 5.34. The molecule has 2 rings (SSSR count). The first-order valence-corrected chi connectivity index (χ1v) is 7.32. The van der Waals surface area contributed by atoms with Gasteiger partial charge in [0.2, 0.25) is 5.91 Å². The van der Waals surface area contributed by atoms with Gasteiger partial charge in [-0.15, -0.1) is 0 Å². The molecule has 1 aliphatic carbocycles. The maximum Gasteiger partial charge on any atom is 0.336 e. The number of aromatic carboxylic acids is 1. The molecule has 0 radical (unpaired) electrons. The molecular weight excluding hydrogens is 268 g/mol. The Labute approximate surface area is 124 Å². The molecule has 0 saturated heterocycles. The molecule has 21 heavy (non-hydrogen) atoms. The Kier molecular flexibility index (Phi) is 4.63. The fourth-order valence-electron chi connectivity index (χ4n) is 2.89. The highest BCUT2D eigenvalue weighted by Crippen LogP contribution is 2.29. The molecule has 1 aliphatic rings. The van der Waals surface area contributed by atoms with E-state index < -0.39 is 11.5 Å². The Hall–Kier alpha value is -1.88. The van der Waals surface area contributed by atoms with E-state index in [2.05, 4.69) is 5.32 Å². The number of carbonyl (C=O) groups is 2. The monoisotopic (exact) mass is 290 g/mol. The zero-order valence-electron chi connectivity index (χ0n) is 12.3. The van der Waals surface area contributed by atoms with Gasteiger partial charge in [0.25, 0.3) is 0 Å². The van der Waals surface area contributed by atoms with Crippen LogP contribution in [0.25, 0.3) is 0 Å². The lowest BCUT2D eigenvalue weighted by Gasteiger charge is -2.32. The average Bonchev–Trinajstić information content (AvgIpc) is 2.40. The van der Waals surface area contributed by atoms with E-state index in [4.69, 9.17) is 10.8 Å². The number of carbonyl (C=O) groups excluding carboxylic acids is 1. The molecular formula is C16H22N2O3. The Morgan fingerprint density at radius 3 is 2.57 bits per heavy atom. The van der Waals surface area contributed by atoms with Crippen molar-refractivity contribution in [3.8, 4) is 0 Å². The third-order valence-corrected chi connectivity index (χ3v) is 4.11. The molecule has 0 bridgehead atoms. The van der Waals surface area contributed by atoms with Crippen molar-refractivity contribution in [2.45, 2.75) is 51.0 Å². The lowest BCUT2D eigenvalue weighted by molar-refractivity contribution is -0.117. The van der Waals surface area contributed by atoms with Crippen LogP contribution in [0.5, 0.6) is 0 Å². The van der Waals surface area contributed by atoms with E-state index in [-0.39, 0.29) is 17.9 Å². The summed E-state index contributed by atoms with van der Waals surface area (Å²) in [7, 11) is 0. The first kappa shape index (κ1) is 15.5.